The van der Waals surface area contributed by atoms with E-state index in [0.717, 1.165) is 16.5 Å². The predicted molar refractivity (Wildman–Crippen MR) is 131 cm³/mol. The highest BCUT2D eigenvalue weighted by Crippen LogP contribution is 2.33. The molecular weight excluding hydrogens is 446 g/mol. The summed E-state index contributed by atoms with van der Waals surface area (Å²) in [6, 6.07) is 14.3. The van der Waals surface area contributed by atoms with Gasteiger partial charge >= 0.3 is 6.03 Å². The first-order valence-corrected chi connectivity index (χ1v) is 11.1. The fourth-order valence-electron chi connectivity index (χ4n) is 3.03. The van der Waals surface area contributed by atoms with Gasteiger partial charge in [0.1, 0.15) is 0 Å². The molecule has 0 saturated carbocycles. The van der Waals surface area contributed by atoms with Crippen LogP contribution in [-0.2, 0) is 4.79 Å². The number of carbonyl (C=O) groups excluding carboxylic acids is 2. The number of nitrogens with zero attached hydrogens (tertiary/aromatic N) is 2. The van der Waals surface area contributed by atoms with Crippen LogP contribution in [0.3, 0.4) is 0 Å². The van der Waals surface area contributed by atoms with Gasteiger partial charge in [0.05, 0.1) is 21.1 Å². The molecule has 2 heterocycles. The third-order valence-corrected chi connectivity index (χ3v) is 5.65. The number of pyridine rings is 1. The molecule has 0 spiro atoms. The second-order valence-electron chi connectivity index (χ2n) is 7.36. The molecule has 1 aliphatic heterocycles. The highest BCUT2D eigenvalue weighted by molar-refractivity contribution is 8.18. The normalized spacial score (nSPS) is 16.1. The Balaban J connectivity index is 1.54. The van der Waals surface area contributed by atoms with Crippen molar-refractivity contribution in [3.8, 4) is 0 Å². The van der Waals surface area contributed by atoms with Crippen LogP contribution in [0.5, 0.6) is 0 Å². The van der Waals surface area contributed by atoms with Crippen LogP contribution in [-0.4, -0.2) is 28.1 Å². The third kappa shape index (κ3) is 5.27. The molecule has 3 N–H and O–H groups in total. The minimum atomic E-state index is -0.319. The highest BCUT2D eigenvalue weighted by atomic mass is 35.5. The monoisotopic (exact) mass is 465 g/mol. The lowest BCUT2D eigenvalue weighted by molar-refractivity contribution is -0.115. The second-order valence-corrected chi connectivity index (χ2v) is 8.79. The maximum atomic E-state index is 12.5. The lowest BCUT2D eigenvalue weighted by Gasteiger charge is -2.11. The van der Waals surface area contributed by atoms with Gasteiger partial charge < -0.3 is 16.0 Å². The Bertz CT molecular complexity index is 1270. The van der Waals surface area contributed by atoms with Gasteiger partial charge in [-0.25, -0.2) is 9.79 Å². The summed E-state index contributed by atoms with van der Waals surface area (Å²) in [5, 5.41) is 10.1. The molecule has 9 heteroatoms. The van der Waals surface area contributed by atoms with Crippen LogP contribution in [0.1, 0.15) is 19.4 Å². The first kappa shape index (κ1) is 21.9. The van der Waals surface area contributed by atoms with Crippen molar-refractivity contribution in [3.05, 3.63) is 70.2 Å². The van der Waals surface area contributed by atoms with Crippen LogP contribution >= 0.6 is 23.4 Å². The predicted octanol–water partition coefficient (Wildman–Crippen LogP) is 5.31. The molecule has 0 unspecified atom stereocenters. The van der Waals surface area contributed by atoms with Crippen molar-refractivity contribution < 1.29 is 9.59 Å². The minimum Gasteiger partial charge on any atom is -0.336 e. The van der Waals surface area contributed by atoms with Gasteiger partial charge in [0.2, 0.25) is 0 Å². The standard InChI is InChI=1S/C23H20ClN5O2S/c1-13(2)26-22(31)27-16-6-7-17(24)19(12-16)28-23-29-21(30)20(32-23)11-14-5-8-18-15(10-14)4-3-9-25-18/h3-13H,1-2H3,(H2,26,27,31)(H,28,29,30)/b20-11+. The Labute approximate surface area is 194 Å². The minimum absolute atomic E-state index is 0.0104. The van der Waals surface area contributed by atoms with Gasteiger partial charge in [0.25, 0.3) is 5.91 Å². The molecule has 4 rings (SSSR count). The number of benzene rings is 2. The summed E-state index contributed by atoms with van der Waals surface area (Å²) in [5.41, 5.74) is 2.77. The Morgan fingerprint density at radius 3 is 2.88 bits per heavy atom. The van der Waals surface area contributed by atoms with Gasteiger partial charge in [-0.05, 0) is 73.6 Å². The van der Waals surface area contributed by atoms with Crippen molar-refractivity contribution in [2.24, 2.45) is 4.99 Å². The molecule has 3 amide bonds. The number of amidine groups is 1. The van der Waals surface area contributed by atoms with E-state index < -0.39 is 0 Å². The average Bonchev–Trinajstić information content (AvgIpc) is 3.08. The first-order chi connectivity index (χ1) is 15.4. The van der Waals surface area contributed by atoms with Gasteiger partial charge in [-0.1, -0.05) is 23.7 Å². The number of nitrogens with one attached hydrogen (secondary N) is 3. The molecule has 7 nitrogen and oxygen atoms in total. The number of fused-ring (bicyclic) bond motifs is 1. The number of aliphatic imine (C=N–C) groups is 1. The van der Waals surface area contributed by atoms with Crippen LogP contribution < -0.4 is 16.0 Å². The van der Waals surface area contributed by atoms with Gasteiger partial charge in [-0.15, -0.1) is 0 Å². The first-order valence-electron chi connectivity index (χ1n) is 9.89. The van der Waals surface area contributed by atoms with Crippen LogP contribution in [0.15, 0.2) is 64.6 Å². The van der Waals surface area contributed by atoms with E-state index in [-0.39, 0.29) is 18.0 Å². The van der Waals surface area contributed by atoms with Gasteiger partial charge in [-0.3, -0.25) is 9.78 Å². The summed E-state index contributed by atoms with van der Waals surface area (Å²) >= 11 is 7.50. The van der Waals surface area contributed by atoms with E-state index in [1.165, 1.54) is 11.8 Å². The smallest absolute Gasteiger partial charge is 0.319 e. The fraction of sp³-hybridized carbons (Fsp3) is 0.130. The molecule has 0 radical (unpaired) electrons. The maximum Gasteiger partial charge on any atom is 0.319 e. The molecule has 0 aliphatic carbocycles. The zero-order chi connectivity index (χ0) is 22.7. The number of rotatable bonds is 4. The molecule has 1 aliphatic rings. The van der Waals surface area contributed by atoms with Crippen molar-refractivity contribution in [1.29, 1.82) is 0 Å². The molecule has 1 fully saturated rings. The Hall–Kier alpha value is -3.36. The van der Waals surface area contributed by atoms with Crippen molar-refractivity contribution in [2.45, 2.75) is 19.9 Å². The Morgan fingerprint density at radius 1 is 1.22 bits per heavy atom. The van der Waals surface area contributed by atoms with E-state index in [9.17, 15) is 9.59 Å². The van der Waals surface area contributed by atoms with Gasteiger partial charge in [-0.2, -0.15) is 0 Å². The van der Waals surface area contributed by atoms with Crippen molar-refractivity contribution in [3.63, 3.8) is 0 Å². The highest BCUT2D eigenvalue weighted by Gasteiger charge is 2.24. The van der Waals surface area contributed by atoms with E-state index in [4.69, 9.17) is 11.6 Å². The van der Waals surface area contributed by atoms with Crippen LogP contribution in [0, 0.1) is 0 Å². The van der Waals surface area contributed by atoms with Crippen molar-refractivity contribution in [2.75, 3.05) is 5.32 Å². The zero-order valence-corrected chi connectivity index (χ0v) is 18.9. The van der Waals surface area contributed by atoms with Gasteiger partial charge in [0.15, 0.2) is 5.17 Å². The van der Waals surface area contributed by atoms with Crippen LogP contribution in [0.2, 0.25) is 5.02 Å². The molecule has 1 saturated heterocycles. The quantitative estimate of drug-likeness (QED) is 0.455. The largest absolute Gasteiger partial charge is 0.336 e. The molecule has 2 aromatic carbocycles. The maximum absolute atomic E-state index is 12.5. The van der Waals surface area contributed by atoms with Crippen LogP contribution in [0.4, 0.5) is 16.2 Å². The summed E-state index contributed by atoms with van der Waals surface area (Å²) < 4.78 is 0. The number of carbonyl (C=O) groups is 2. The number of amides is 3. The number of aromatic nitrogens is 1. The Morgan fingerprint density at radius 2 is 2.06 bits per heavy atom. The molecule has 3 aromatic rings. The summed E-state index contributed by atoms with van der Waals surface area (Å²) in [7, 11) is 0. The summed E-state index contributed by atoms with van der Waals surface area (Å²) in [5.74, 6) is -0.234. The number of hydrogen-bond donors (Lipinski definition) is 3. The number of halogens is 1. The molecule has 32 heavy (non-hydrogen) atoms. The zero-order valence-electron chi connectivity index (χ0n) is 17.3. The lowest BCUT2D eigenvalue weighted by Crippen LogP contribution is -2.34. The van der Waals surface area contributed by atoms with Crippen LogP contribution in [0.25, 0.3) is 17.0 Å². The topological polar surface area (TPSA) is 95.5 Å². The summed E-state index contributed by atoms with van der Waals surface area (Å²) in [4.78, 5) is 33.7. The third-order valence-electron chi connectivity index (χ3n) is 4.42. The number of urea groups is 1. The summed E-state index contributed by atoms with van der Waals surface area (Å²) in [6.07, 6.45) is 3.56. The fourth-order valence-corrected chi connectivity index (χ4v) is 4.03. The summed E-state index contributed by atoms with van der Waals surface area (Å²) in [6.45, 7) is 3.75. The van der Waals surface area contributed by atoms with Crippen molar-refractivity contribution >= 4 is 68.8 Å². The number of thioether (sulfide) groups is 1. The van der Waals surface area contributed by atoms with E-state index in [2.05, 4.69) is 25.9 Å². The Kier molecular flexibility index (Phi) is 6.43. The van der Waals surface area contributed by atoms with Crippen molar-refractivity contribution in [1.82, 2.24) is 15.6 Å². The average molecular weight is 466 g/mol. The molecule has 162 valence electrons. The lowest BCUT2D eigenvalue weighted by atomic mass is 10.1. The SMILES string of the molecule is CC(C)NC(=O)Nc1ccc(Cl)c(N=C2NC(=O)/C(=C\c3ccc4ncccc4c3)S2)c1. The molecule has 0 bridgehead atoms. The van der Waals surface area contributed by atoms with Gasteiger partial charge in [0, 0.05) is 23.3 Å². The number of anilines is 1. The van der Waals surface area contributed by atoms with E-state index >= 15 is 0 Å². The molecule has 1 aromatic heterocycles. The van der Waals surface area contributed by atoms with E-state index in [1.54, 1.807) is 24.4 Å². The molecular formula is C23H20ClN5O2S. The molecule has 0 atom stereocenters. The van der Waals surface area contributed by atoms with E-state index in [0.29, 0.717) is 26.5 Å². The number of hydrogen-bond acceptors (Lipinski definition) is 5. The second kappa shape index (κ2) is 9.42. The van der Waals surface area contributed by atoms with E-state index in [1.807, 2.05) is 50.3 Å².